The third-order valence-electron chi connectivity index (χ3n) is 4.93. The molecule has 1 aliphatic heterocycles. The van der Waals surface area contributed by atoms with Crippen molar-refractivity contribution in [3.05, 3.63) is 35.4 Å². The van der Waals surface area contributed by atoms with Crippen molar-refractivity contribution in [3.63, 3.8) is 0 Å². The zero-order chi connectivity index (χ0) is 18.9. The van der Waals surface area contributed by atoms with Gasteiger partial charge in [0.15, 0.2) is 0 Å². The molecular formula is C18H21F3N2O3. The highest BCUT2D eigenvalue weighted by atomic mass is 19.4. The van der Waals surface area contributed by atoms with E-state index in [1.165, 1.54) is 12.1 Å². The van der Waals surface area contributed by atoms with Crippen molar-refractivity contribution < 1.29 is 27.9 Å². The van der Waals surface area contributed by atoms with Crippen molar-refractivity contribution in [2.75, 3.05) is 13.1 Å². The number of carbonyl (C=O) groups excluding carboxylic acids is 1. The van der Waals surface area contributed by atoms with Gasteiger partial charge in [0.25, 0.3) is 0 Å². The van der Waals surface area contributed by atoms with Crippen molar-refractivity contribution in [2.45, 2.75) is 50.5 Å². The maximum Gasteiger partial charge on any atom is 0.416 e. The van der Waals surface area contributed by atoms with Gasteiger partial charge in [0.05, 0.1) is 12.1 Å². The average molecular weight is 370 g/mol. The average Bonchev–Trinajstić information content (AvgIpc) is 3.30. The Hall–Kier alpha value is -2.09. The largest absolute Gasteiger partial charge is 0.480 e. The Morgan fingerprint density at radius 1 is 1.15 bits per heavy atom. The van der Waals surface area contributed by atoms with Crippen LogP contribution in [0.5, 0.6) is 0 Å². The highest BCUT2D eigenvalue weighted by Gasteiger charge is 2.37. The Morgan fingerprint density at radius 3 is 2.35 bits per heavy atom. The SMILES string of the molecule is O=C(O)[C@H]1CCCN1CC(=O)N(Cc1ccc(C(F)(F)F)cc1)C1CC1. The van der Waals surface area contributed by atoms with Gasteiger partial charge in [0, 0.05) is 12.6 Å². The molecule has 0 radical (unpaired) electrons. The fraction of sp³-hybridized carbons (Fsp3) is 0.556. The van der Waals surface area contributed by atoms with Gasteiger partial charge >= 0.3 is 12.1 Å². The zero-order valence-electron chi connectivity index (χ0n) is 14.2. The van der Waals surface area contributed by atoms with Crippen LogP contribution in [0.3, 0.4) is 0 Å². The highest BCUT2D eigenvalue weighted by Crippen LogP contribution is 2.31. The number of benzene rings is 1. The number of carboxylic acid groups (broad SMARTS) is 1. The lowest BCUT2D eigenvalue weighted by Crippen LogP contribution is -2.45. The van der Waals surface area contributed by atoms with E-state index in [1.54, 1.807) is 9.80 Å². The van der Waals surface area contributed by atoms with Crippen LogP contribution >= 0.6 is 0 Å². The fourth-order valence-corrected chi connectivity index (χ4v) is 3.36. The Balaban J connectivity index is 1.66. The predicted molar refractivity (Wildman–Crippen MR) is 87.2 cm³/mol. The minimum atomic E-state index is -4.38. The summed E-state index contributed by atoms with van der Waals surface area (Å²) in [6, 6.07) is 4.28. The summed E-state index contributed by atoms with van der Waals surface area (Å²) in [5, 5.41) is 9.23. The van der Waals surface area contributed by atoms with E-state index < -0.39 is 23.8 Å². The van der Waals surface area contributed by atoms with Crippen molar-refractivity contribution in [2.24, 2.45) is 0 Å². The van der Waals surface area contributed by atoms with Crippen LogP contribution in [0.15, 0.2) is 24.3 Å². The van der Waals surface area contributed by atoms with E-state index >= 15 is 0 Å². The second-order valence-electron chi connectivity index (χ2n) is 6.91. The Labute approximate surface area is 149 Å². The minimum Gasteiger partial charge on any atom is -0.480 e. The maximum absolute atomic E-state index is 12.7. The molecular weight excluding hydrogens is 349 g/mol. The molecule has 1 heterocycles. The molecule has 1 saturated carbocycles. The molecule has 2 fully saturated rings. The van der Waals surface area contributed by atoms with Crippen molar-refractivity contribution in [3.8, 4) is 0 Å². The van der Waals surface area contributed by atoms with Gasteiger partial charge in [0.1, 0.15) is 6.04 Å². The summed E-state index contributed by atoms with van der Waals surface area (Å²) in [6.45, 7) is 0.850. The van der Waals surface area contributed by atoms with Crippen molar-refractivity contribution in [1.29, 1.82) is 0 Å². The first-order chi connectivity index (χ1) is 12.3. The van der Waals surface area contributed by atoms with Gasteiger partial charge in [0.2, 0.25) is 5.91 Å². The van der Waals surface area contributed by atoms with Gasteiger partial charge in [-0.05, 0) is 49.9 Å². The van der Waals surface area contributed by atoms with E-state index in [9.17, 15) is 27.9 Å². The number of halogens is 3. The quantitative estimate of drug-likeness (QED) is 0.837. The molecule has 5 nitrogen and oxygen atoms in total. The molecule has 1 amide bonds. The third-order valence-corrected chi connectivity index (χ3v) is 4.93. The molecule has 142 valence electrons. The third kappa shape index (κ3) is 4.35. The van der Waals surface area contributed by atoms with Gasteiger partial charge in [-0.15, -0.1) is 0 Å². The van der Waals surface area contributed by atoms with Gasteiger partial charge in [-0.3, -0.25) is 14.5 Å². The van der Waals surface area contributed by atoms with E-state index in [-0.39, 0.29) is 25.0 Å². The molecule has 1 N–H and O–H groups in total. The van der Waals surface area contributed by atoms with Crippen LogP contribution in [0.25, 0.3) is 0 Å². The van der Waals surface area contributed by atoms with Crippen LogP contribution in [0, 0.1) is 0 Å². The van der Waals surface area contributed by atoms with Crippen LogP contribution in [0.2, 0.25) is 0 Å². The van der Waals surface area contributed by atoms with E-state index in [1.807, 2.05) is 0 Å². The Bertz CT molecular complexity index is 671. The molecule has 1 saturated heterocycles. The molecule has 1 aromatic carbocycles. The number of aliphatic carboxylic acids is 1. The molecule has 0 unspecified atom stereocenters. The standard InChI is InChI=1S/C18H21F3N2O3/c19-18(20,21)13-5-3-12(4-6-13)10-23(14-7-8-14)16(24)11-22-9-1-2-15(22)17(25)26/h3-6,14-15H,1-2,7-11H2,(H,25,26)/t15-/m1/s1. The summed E-state index contributed by atoms with van der Waals surface area (Å²) in [6.07, 6.45) is -1.37. The molecule has 0 spiro atoms. The molecule has 1 aliphatic carbocycles. The molecule has 3 rings (SSSR count). The first kappa shape index (κ1) is 18.7. The second kappa shape index (κ2) is 7.26. The number of carbonyl (C=O) groups is 2. The summed E-state index contributed by atoms with van der Waals surface area (Å²) in [5.41, 5.74) is -0.0821. The predicted octanol–water partition coefficient (Wildman–Crippen LogP) is 2.75. The molecule has 1 atom stereocenters. The fourth-order valence-electron chi connectivity index (χ4n) is 3.36. The van der Waals surface area contributed by atoms with E-state index in [0.29, 0.717) is 18.5 Å². The van der Waals surface area contributed by atoms with Gasteiger partial charge < -0.3 is 10.0 Å². The van der Waals surface area contributed by atoms with Crippen LogP contribution in [-0.4, -0.2) is 52.0 Å². The molecule has 2 aliphatic rings. The lowest BCUT2D eigenvalue weighted by atomic mass is 10.1. The van der Waals surface area contributed by atoms with Crippen LogP contribution < -0.4 is 0 Å². The summed E-state index contributed by atoms with van der Waals surface area (Å²) < 4.78 is 38.0. The molecule has 0 bridgehead atoms. The number of hydrogen-bond acceptors (Lipinski definition) is 3. The topological polar surface area (TPSA) is 60.9 Å². The molecule has 1 aromatic rings. The first-order valence-electron chi connectivity index (χ1n) is 8.68. The molecule has 0 aromatic heterocycles. The summed E-state index contributed by atoms with van der Waals surface area (Å²) in [5.74, 6) is -1.09. The zero-order valence-corrected chi connectivity index (χ0v) is 14.2. The highest BCUT2D eigenvalue weighted by molar-refractivity contribution is 5.81. The second-order valence-corrected chi connectivity index (χ2v) is 6.91. The number of nitrogens with zero attached hydrogens (tertiary/aromatic N) is 2. The minimum absolute atomic E-state index is 0.0358. The monoisotopic (exact) mass is 370 g/mol. The van der Waals surface area contributed by atoms with Crippen LogP contribution in [0.4, 0.5) is 13.2 Å². The maximum atomic E-state index is 12.7. The lowest BCUT2D eigenvalue weighted by Gasteiger charge is -2.27. The lowest BCUT2D eigenvalue weighted by molar-refractivity contribution is -0.143. The number of carboxylic acids is 1. The smallest absolute Gasteiger partial charge is 0.416 e. The van der Waals surface area contributed by atoms with Crippen molar-refractivity contribution >= 4 is 11.9 Å². The normalized spacial score (nSPS) is 21.0. The molecule has 26 heavy (non-hydrogen) atoms. The summed E-state index contributed by atoms with van der Waals surface area (Å²) in [7, 11) is 0. The summed E-state index contributed by atoms with van der Waals surface area (Å²) >= 11 is 0. The Kier molecular flexibility index (Phi) is 5.22. The van der Waals surface area contributed by atoms with Gasteiger partial charge in [-0.1, -0.05) is 12.1 Å². The first-order valence-corrected chi connectivity index (χ1v) is 8.68. The van der Waals surface area contributed by atoms with Crippen LogP contribution in [0.1, 0.15) is 36.8 Å². The number of rotatable bonds is 6. The number of amides is 1. The van der Waals surface area contributed by atoms with E-state index in [0.717, 1.165) is 31.4 Å². The van der Waals surface area contributed by atoms with Crippen molar-refractivity contribution in [1.82, 2.24) is 9.80 Å². The molecule has 8 heteroatoms. The number of alkyl halides is 3. The van der Waals surface area contributed by atoms with E-state index in [4.69, 9.17) is 0 Å². The van der Waals surface area contributed by atoms with E-state index in [2.05, 4.69) is 0 Å². The Morgan fingerprint density at radius 2 is 1.81 bits per heavy atom. The van der Waals surface area contributed by atoms with Gasteiger partial charge in [-0.25, -0.2) is 0 Å². The summed E-state index contributed by atoms with van der Waals surface area (Å²) in [4.78, 5) is 27.3. The number of hydrogen-bond donors (Lipinski definition) is 1. The van der Waals surface area contributed by atoms with Crippen LogP contribution in [-0.2, 0) is 22.3 Å². The number of likely N-dealkylation sites (tertiary alicyclic amines) is 1. The van der Waals surface area contributed by atoms with Gasteiger partial charge in [-0.2, -0.15) is 13.2 Å².